The van der Waals surface area contributed by atoms with Crippen LogP contribution in [-0.4, -0.2) is 4.98 Å². The number of halogens is 1. The minimum atomic E-state index is -0.198. The van der Waals surface area contributed by atoms with E-state index >= 15 is 0 Å². The fraction of sp³-hybridized carbons (Fsp3) is 0.450. The van der Waals surface area contributed by atoms with Crippen molar-refractivity contribution < 1.29 is 4.39 Å². The topological polar surface area (TPSA) is 12.9 Å². The predicted octanol–water partition coefficient (Wildman–Crippen LogP) is 5.57. The number of unbranched alkanes of at least 4 members (excludes halogenated alkanes) is 2. The van der Waals surface area contributed by atoms with Crippen molar-refractivity contribution in [2.75, 3.05) is 0 Å². The Morgan fingerprint density at radius 2 is 1.91 bits per heavy atom. The Kier molecular flexibility index (Phi) is 4.87. The molecule has 2 aromatic rings. The molecule has 2 heteroatoms. The monoisotopic (exact) mass is 297 g/mol. The van der Waals surface area contributed by atoms with E-state index in [4.69, 9.17) is 4.98 Å². The summed E-state index contributed by atoms with van der Waals surface area (Å²) in [6, 6.07) is 10.9. The van der Waals surface area contributed by atoms with Gasteiger partial charge in [-0.25, -0.2) is 4.39 Å². The summed E-state index contributed by atoms with van der Waals surface area (Å²) in [5, 5.41) is 0. The lowest BCUT2D eigenvalue weighted by atomic mass is 9.83. The Balaban J connectivity index is 1.72. The highest BCUT2D eigenvalue weighted by atomic mass is 19.1. The second-order valence-corrected chi connectivity index (χ2v) is 6.41. The summed E-state index contributed by atoms with van der Waals surface area (Å²) in [5.74, 6) is 0.633. The molecule has 1 heterocycles. The maximum Gasteiger partial charge on any atom is 0.123 e. The van der Waals surface area contributed by atoms with E-state index in [1.54, 1.807) is 12.1 Å². The van der Waals surface area contributed by atoms with Crippen LogP contribution in [0.25, 0.3) is 11.3 Å². The van der Waals surface area contributed by atoms with Crippen LogP contribution in [0.5, 0.6) is 0 Å². The van der Waals surface area contributed by atoms with E-state index < -0.39 is 0 Å². The van der Waals surface area contributed by atoms with Gasteiger partial charge in [0.25, 0.3) is 0 Å². The van der Waals surface area contributed by atoms with Crippen molar-refractivity contribution in [2.24, 2.45) is 5.92 Å². The van der Waals surface area contributed by atoms with Crippen molar-refractivity contribution >= 4 is 0 Å². The first kappa shape index (κ1) is 15.2. The lowest BCUT2D eigenvalue weighted by Gasteiger charge is -2.24. The van der Waals surface area contributed by atoms with Crippen LogP contribution in [-0.2, 0) is 12.8 Å². The molecule has 1 aliphatic carbocycles. The van der Waals surface area contributed by atoms with Gasteiger partial charge in [-0.3, -0.25) is 4.98 Å². The van der Waals surface area contributed by atoms with Crippen LogP contribution in [0.1, 0.15) is 50.3 Å². The van der Waals surface area contributed by atoms with E-state index in [1.807, 2.05) is 0 Å². The van der Waals surface area contributed by atoms with Gasteiger partial charge in [-0.1, -0.05) is 38.7 Å². The van der Waals surface area contributed by atoms with E-state index in [0.29, 0.717) is 0 Å². The molecule has 116 valence electrons. The van der Waals surface area contributed by atoms with Crippen LogP contribution in [0.2, 0.25) is 0 Å². The molecule has 0 bridgehead atoms. The molecule has 1 aromatic heterocycles. The van der Waals surface area contributed by atoms with E-state index in [-0.39, 0.29) is 5.82 Å². The third-order valence-electron chi connectivity index (χ3n) is 4.72. The number of hydrogen-bond acceptors (Lipinski definition) is 1. The SMILES string of the molecule is CCCCC[C@@H]1CCc2nc(-c3ccc(F)cc3)ccc2C1. The van der Waals surface area contributed by atoms with Gasteiger partial charge in [-0.2, -0.15) is 0 Å². The lowest BCUT2D eigenvalue weighted by Crippen LogP contribution is -2.15. The van der Waals surface area contributed by atoms with Gasteiger partial charge in [0.15, 0.2) is 0 Å². The number of hydrogen-bond donors (Lipinski definition) is 0. The zero-order chi connectivity index (χ0) is 15.4. The molecule has 0 saturated carbocycles. The molecule has 1 aromatic carbocycles. The molecule has 0 unspecified atom stereocenters. The Hall–Kier alpha value is -1.70. The second-order valence-electron chi connectivity index (χ2n) is 6.41. The average Bonchev–Trinajstić information content (AvgIpc) is 2.55. The summed E-state index contributed by atoms with van der Waals surface area (Å²) in [5.41, 5.74) is 4.62. The minimum Gasteiger partial charge on any atom is -0.253 e. The zero-order valence-corrected chi connectivity index (χ0v) is 13.3. The van der Waals surface area contributed by atoms with Crippen LogP contribution < -0.4 is 0 Å². The molecular weight excluding hydrogens is 273 g/mol. The first-order valence-corrected chi connectivity index (χ1v) is 8.51. The summed E-state index contributed by atoms with van der Waals surface area (Å²) < 4.78 is 13.0. The number of aryl methyl sites for hydroxylation is 1. The maximum atomic E-state index is 13.0. The highest BCUT2D eigenvalue weighted by molar-refractivity contribution is 5.59. The van der Waals surface area contributed by atoms with E-state index in [2.05, 4.69) is 19.1 Å². The molecule has 3 rings (SSSR count). The van der Waals surface area contributed by atoms with Crippen molar-refractivity contribution in [3.05, 3.63) is 53.5 Å². The number of fused-ring (bicyclic) bond motifs is 1. The van der Waals surface area contributed by atoms with Gasteiger partial charge in [0, 0.05) is 11.3 Å². The first-order valence-electron chi connectivity index (χ1n) is 8.51. The number of nitrogens with zero attached hydrogens (tertiary/aromatic N) is 1. The van der Waals surface area contributed by atoms with Crippen molar-refractivity contribution in [2.45, 2.75) is 51.9 Å². The predicted molar refractivity (Wildman–Crippen MR) is 89.3 cm³/mol. The third kappa shape index (κ3) is 3.55. The summed E-state index contributed by atoms with van der Waals surface area (Å²) >= 11 is 0. The molecular formula is C20H24FN. The number of benzene rings is 1. The Morgan fingerprint density at radius 3 is 2.68 bits per heavy atom. The van der Waals surface area contributed by atoms with Gasteiger partial charge in [-0.15, -0.1) is 0 Å². The molecule has 22 heavy (non-hydrogen) atoms. The molecule has 0 fully saturated rings. The molecule has 0 radical (unpaired) electrons. The second kappa shape index (κ2) is 7.04. The van der Waals surface area contributed by atoms with E-state index in [0.717, 1.165) is 23.6 Å². The number of aromatic nitrogens is 1. The zero-order valence-electron chi connectivity index (χ0n) is 13.3. The Morgan fingerprint density at radius 1 is 1.09 bits per heavy atom. The number of rotatable bonds is 5. The van der Waals surface area contributed by atoms with Crippen molar-refractivity contribution in [1.29, 1.82) is 0 Å². The summed E-state index contributed by atoms with van der Waals surface area (Å²) in [4.78, 5) is 4.82. The summed E-state index contributed by atoms with van der Waals surface area (Å²) in [7, 11) is 0. The third-order valence-corrected chi connectivity index (χ3v) is 4.72. The molecule has 0 aliphatic heterocycles. The normalized spacial score (nSPS) is 17.3. The van der Waals surface area contributed by atoms with Crippen LogP contribution in [0, 0.1) is 11.7 Å². The molecule has 0 amide bonds. The molecule has 1 aliphatic rings. The van der Waals surface area contributed by atoms with Crippen LogP contribution >= 0.6 is 0 Å². The molecule has 0 N–H and O–H groups in total. The standard InChI is InChI=1S/C20H24FN/c1-2-3-4-5-15-6-12-20-17(14-15)9-13-19(22-20)16-7-10-18(21)11-8-16/h7-11,13,15H,2-6,12,14H2,1H3/t15-/m1/s1. The average molecular weight is 297 g/mol. The van der Waals surface area contributed by atoms with Gasteiger partial charge in [0.1, 0.15) is 5.82 Å². The molecule has 0 saturated heterocycles. The first-order chi connectivity index (χ1) is 10.8. The fourth-order valence-electron chi connectivity index (χ4n) is 3.40. The van der Waals surface area contributed by atoms with Gasteiger partial charge in [-0.05, 0) is 61.1 Å². The van der Waals surface area contributed by atoms with Crippen LogP contribution in [0.3, 0.4) is 0 Å². The van der Waals surface area contributed by atoms with Gasteiger partial charge < -0.3 is 0 Å². The highest BCUT2D eigenvalue weighted by Gasteiger charge is 2.19. The fourth-order valence-corrected chi connectivity index (χ4v) is 3.40. The quantitative estimate of drug-likeness (QED) is 0.657. The highest BCUT2D eigenvalue weighted by Crippen LogP contribution is 2.30. The van der Waals surface area contributed by atoms with Crippen LogP contribution in [0.4, 0.5) is 4.39 Å². The summed E-state index contributed by atoms with van der Waals surface area (Å²) in [6.45, 7) is 2.26. The summed E-state index contributed by atoms with van der Waals surface area (Å²) in [6.07, 6.45) is 8.88. The number of pyridine rings is 1. The Bertz CT molecular complexity index is 618. The van der Waals surface area contributed by atoms with Crippen LogP contribution in [0.15, 0.2) is 36.4 Å². The Labute approximate surface area is 132 Å². The molecule has 0 spiro atoms. The largest absolute Gasteiger partial charge is 0.253 e. The van der Waals surface area contributed by atoms with Gasteiger partial charge in [0.2, 0.25) is 0 Å². The maximum absolute atomic E-state index is 13.0. The molecule has 1 nitrogen and oxygen atoms in total. The van der Waals surface area contributed by atoms with Crippen molar-refractivity contribution in [1.82, 2.24) is 4.98 Å². The lowest BCUT2D eigenvalue weighted by molar-refractivity contribution is 0.404. The molecule has 1 atom stereocenters. The van der Waals surface area contributed by atoms with E-state index in [1.165, 1.54) is 61.9 Å². The van der Waals surface area contributed by atoms with E-state index in [9.17, 15) is 4.39 Å². The van der Waals surface area contributed by atoms with Crippen molar-refractivity contribution in [3.63, 3.8) is 0 Å². The minimum absolute atomic E-state index is 0.198. The van der Waals surface area contributed by atoms with Crippen molar-refractivity contribution in [3.8, 4) is 11.3 Å². The van der Waals surface area contributed by atoms with Gasteiger partial charge in [0.05, 0.1) is 5.69 Å². The van der Waals surface area contributed by atoms with Gasteiger partial charge >= 0.3 is 0 Å². The smallest absolute Gasteiger partial charge is 0.123 e.